The molecule has 1 N–H and O–H groups in total. The van der Waals surface area contributed by atoms with Gasteiger partial charge in [-0.05, 0) is 18.6 Å². The van der Waals surface area contributed by atoms with Gasteiger partial charge in [-0.25, -0.2) is 4.98 Å². The molecule has 0 saturated carbocycles. The number of hydrogen-bond acceptors (Lipinski definition) is 3. The van der Waals surface area contributed by atoms with Gasteiger partial charge >= 0.3 is 0 Å². The molecule has 1 aliphatic rings. The lowest BCUT2D eigenvalue weighted by Crippen LogP contribution is -2.30. The van der Waals surface area contributed by atoms with Crippen molar-refractivity contribution in [2.24, 2.45) is 0 Å². The number of amides is 1. The van der Waals surface area contributed by atoms with E-state index in [4.69, 9.17) is 11.6 Å². The number of nitrogens with zero attached hydrogens (tertiary/aromatic N) is 2. The van der Waals surface area contributed by atoms with Gasteiger partial charge in [0.1, 0.15) is 5.15 Å². The van der Waals surface area contributed by atoms with Crippen molar-refractivity contribution < 1.29 is 4.79 Å². The second-order valence-corrected chi connectivity index (χ2v) is 4.58. The number of pyridine rings is 1. The number of carbonyl (C=O) groups is 1. The van der Waals surface area contributed by atoms with Gasteiger partial charge in [0.25, 0.3) is 0 Å². The van der Waals surface area contributed by atoms with E-state index in [1.54, 1.807) is 12.3 Å². The first-order valence-electron chi connectivity index (χ1n) is 5.85. The first-order valence-corrected chi connectivity index (χ1v) is 6.22. The predicted molar refractivity (Wildman–Crippen MR) is 68.1 cm³/mol. The van der Waals surface area contributed by atoms with Crippen LogP contribution in [0, 0.1) is 0 Å². The SMILES string of the molecule is CCC(=O)N1CCC(Nc2ccnc(Cl)c2)C1. The van der Waals surface area contributed by atoms with Crippen LogP contribution in [0.2, 0.25) is 5.15 Å². The van der Waals surface area contributed by atoms with Crippen LogP contribution >= 0.6 is 11.6 Å². The predicted octanol–water partition coefficient (Wildman–Crippen LogP) is 2.16. The summed E-state index contributed by atoms with van der Waals surface area (Å²) in [6.07, 6.45) is 3.23. The normalized spacial score (nSPS) is 19.4. The third kappa shape index (κ3) is 3.09. The van der Waals surface area contributed by atoms with Crippen molar-refractivity contribution in [2.45, 2.75) is 25.8 Å². The molecule has 1 aliphatic heterocycles. The molecule has 1 amide bonds. The first kappa shape index (κ1) is 12.2. The molecular formula is C12H16ClN3O. The van der Waals surface area contributed by atoms with Gasteiger partial charge in [0.2, 0.25) is 5.91 Å². The van der Waals surface area contributed by atoms with E-state index < -0.39 is 0 Å². The molecule has 1 aromatic heterocycles. The molecule has 0 radical (unpaired) electrons. The van der Waals surface area contributed by atoms with E-state index >= 15 is 0 Å². The minimum atomic E-state index is 0.224. The lowest BCUT2D eigenvalue weighted by atomic mass is 10.2. The Morgan fingerprint density at radius 3 is 3.24 bits per heavy atom. The fourth-order valence-corrected chi connectivity index (χ4v) is 2.23. The molecule has 5 heteroatoms. The van der Waals surface area contributed by atoms with Crippen LogP contribution in [0.15, 0.2) is 18.3 Å². The molecule has 1 saturated heterocycles. The Morgan fingerprint density at radius 2 is 2.53 bits per heavy atom. The Kier molecular flexibility index (Phi) is 3.84. The quantitative estimate of drug-likeness (QED) is 0.840. The first-order chi connectivity index (χ1) is 8.19. The van der Waals surface area contributed by atoms with Crippen LogP contribution in [-0.2, 0) is 4.79 Å². The lowest BCUT2D eigenvalue weighted by molar-refractivity contribution is -0.129. The summed E-state index contributed by atoms with van der Waals surface area (Å²) < 4.78 is 0. The van der Waals surface area contributed by atoms with Crippen LogP contribution in [0.5, 0.6) is 0 Å². The van der Waals surface area contributed by atoms with Crippen molar-refractivity contribution in [1.82, 2.24) is 9.88 Å². The number of nitrogens with one attached hydrogen (secondary N) is 1. The van der Waals surface area contributed by atoms with Gasteiger partial charge in [0.05, 0.1) is 0 Å². The highest BCUT2D eigenvalue weighted by Crippen LogP contribution is 2.18. The van der Waals surface area contributed by atoms with Crippen molar-refractivity contribution in [2.75, 3.05) is 18.4 Å². The Hall–Kier alpha value is -1.29. The zero-order valence-corrected chi connectivity index (χ0v) is 10.6. The van der Waals surface area contributed by atoms with Gasteiger partial charge in [0, 0.05) is 37.4 Å². The van der Waals surface area contributed by atoms with Crippen LogP contribution in [0.3, 0.4) is 0 Å². The van der Waals surface area contributed by atoms with E-state index in [1.807, 2.05) is 17.9 Å². The minimum absolute atomic E-state index is 0.224. The molecule has 1 aromatic rings. The summed E-state index contributed by atoms with van der Waals surface area (Å²) in [6.45, 7) is 3.50. The Bertz CT molecular complexity index is 410. The van der Waals surface area contributed by atoms with E-state index in [9.17, 15) is 4.79 Å². The zero-order valence-electron chi connectivity index (χ0n) is 9.82. The average molecular weight is 254 g/mol. The van der Waals surface area contributed by atoms with Crippen LogP contribution in [-0.4, -0.2) is 34.9 Å². The smallest absolute Gasteiger partial charge is 0.222 e. The van der Waals surface area contributed by atoms with E-state index in [0.29, 0.717) is 17.6 Å². The molecule has 0 spiro atoms. The number of carbonyl (C=O) groups excluding carboxylic acids is 1. The molecular weight excluding hydrogens is 238 g/mol. The number of anilines is 1. The summed E-state index contributed by atoms with van der Waals surface area (Å²) in [4.78, 5) is 17.4. The molecule has 1 atom stereocenters. The molecule has 2 heterocycles. The van der Waals surface area contributed by atoms with Crippen LogP contribution in [0.4, 0.5) is 5.69 Å². The topological polar surface area (TPSA) is 45.2 Å². The molecule has 0 bridgehead atoms. The van der Waals surface area contributed by atoms with Crippen LogP contribution in [0.1, 0.15) is 19.8 Å². The molecule has 0 aromatic carbocycles. The third-order valence-electron chi connectivity index (χ3n) is 2.94. The Balaban J connectivity index is 1.92. The summed E-state index contributed by atoms with van der Waals surface area (Å²) in [7, 11) is 0. The Morgan fingerprint density at radius 1 is 1.71 bits per heavy atom. The standard InChI is InChI=1S/C12H16ClN3O/c1-2-12(17)16-6-4-10(8-16)15-9-3-5-14-11(13)7-9/h3,5,7,10H,2,4,6,8H2,1H3,(H,14,15). The van der Waals surface area contributed by atoms with Crippen molar-refractivity contribution in [3.8, 4) is 0 Å². The largest absolute Gasteiger partial charge is 0.380 e. The van der Waals surface area contributed by atoms with Crippen molar-refractivity contribution in [3.05, 3.63) is 23.5 Å². The molecule has 17 heavy (non-hydrogen) atoms. The minimum Gasteiger partial charge on any atom is -0.380 e. The third-order valence-corrected chi connectivity index (χ3v) is 3.15. The molecule has 1 unspecified atom stereocenters. The maximum absolute atomic E-state index is 11.5. The fourth-order valence-electron chi connectivity index (χ4n) is 2.06. The van der Waals surface area contributed by atoms with Crippen molar-refractivity contribution in [1.29, 1.82) is 0 Å². The molecule has 2 rings (SSSR count). The van der Waals surface area contributed by atoms with Gasteiger partial charge in [-0.3, -0.25) is 4.79 Å². The number of aromatic nitrogens is 1. The van der Waals surface area contributed by atoms with Gasteiger partial charge in [-0.2, -0.15) is 0 Å². The second kappa shape index (κ2) is 5.36. The number of rotatable bonds is 3. The number of halogens is 1. The zero-order chi connectivity index (χ0) is 12.3. The molecule has 0 aliphatic carbocycles. The van der Waals surface area contributed by atoms with Crippen molar-refractivity contribution >= 4 is 23.2 Å². The van der Waals surface area contributed by atoms with Crippen LogP contribution < -0.4 is 5.32 Å². The van der Waals surface area contributed by atoms with E-state index in [-0.39, 0.29) is 5.91 Å². The fraction of sp³-hybridized carbons (Fsp3) is 0.500. The highest BCUT2D eigenvalue weighted by molar-refractivity contribution is 6.29. The summed E-state index contributed by atoms with van der Waals surface area (Å²) in [5, 5.41) is 3.85. The molecule has 1 fully saturated rings. The number of hydrogen-bond donors (Lipinski definition) is 1. The van der Waals surface area contributed by atoms with Gasteiger partial charge in [-0.1, -0.05) is 18.5 Å². The highest BCUT2D eigenvalue weighted by atomic mass is 35.5. The average Bonchev–Trinajstić information content (AvgIpc) is 2.76. The van der Waals surface area contributed by atoms with Gasteiger partial charge in [0.15, 0.2) is 0 Å². The van der Waals surface area contributed by atoms with Gasteiger partial charge in [-0.15, -0.1) is 0 Å². The van der Waals surface area contributed by atoms with Crippen LogP contribution in [0.25, 0.3) is 0 Å². The summed E-state index contributed by atoms with van der Waals surface area (Å²) in [6, 6.07) is 3.99. The van der Waals surface area contributed by atoms with Crippen molar-refractivity contribution in [3.63, 3.8) is 0 Å². The summed E-state index contributed by atoms with van der Waals surface area (Å²) >= 11 is 5.82. The number of likely N-dealkylation sites (tertiary alicyclic amines) is 1. The molecule has 4 nitrogen and oxygen atoms in total. The molecule has 92 valence electrons. The summed E-state index contributed by atoms with van der Waals surface area (Å²) in [5.74, 6) is 0.224. The maximum Gasteiger partial charge on any atom is 0.222 e. The highest BCUT2D eigenvalue weighted by Gasteiger charge is 2.24. The Labute approximate surface area is 106 Å². The van der Waals surface area contributed by atoms with E-state index in [2.05, 4.69) is 10.3 Å². The van der Waals surface area contributed by atoms with E-state index in [1.165, 1.54) is 0 Å². The summed E-state index contributed by atoms with van der Waals surface area (Å²) in [5.41, 5.74) is 0.959. The maximum atomic E-state index is 11.5. The van der Waals surface area contributed by atoms with Gasteiger partial charge < -0.3 is 10.2 Å². The second-order valence-electron chi connectivity index (χ2n) is 4.19. The lowest BCUT2D eigenvalue weighted by Gasteiger charge is -2.17. The van der Waals surface area contributed by atoms with E-state index in [0.717, 1.165) is 25.2 Å². The monoisotopic (exact) mass is 253 g/mol.